The average molecular weight is 492 g/mol. The van der Waals surface area contributed by atoms with Crippen LogP contribution in [0.3, 0.4) is 0 Å². The molecule has 0 spiro atoms. The van der Waals surface area contributed by atoms with E-state index < -0.39 is 12.0 Å². The number of nitrogens with zero attached hydrogens (tertiary/aromatic N) is 2. The number of ether oxygens (including phenoxy) is 2. The van der Waals surface area contributed by atoms with Gasteiger partial charge in [-0.1, -0.05) is 41.7 Å². The molecule has 4 rings (SSSR count). The van der Waals surface area contributed by atoms with E-state index in [9.17, 15) is 14.4 Å². The monoisotopic (exact) mass is 491 g/mol. The summed E-state index contributed by atoms with van der Waals surface area (Å²) >= 11 is 1.23. The fraction of sp³-hybridized carbons (Fsp3) is 0.231. The largest absolute Gasteiger partial charge is 0.463 e. The van der Waals surface area contributed by atoms with Gasteiger partial charge in [-0.3, -0.25) is 9.36 Å². The zero-order chi connectivity index (χ0) is 24.9. The maximum absolute atomic E-state index is 13.5. The molecule has 1 aliphatic rings. The van der Waals surface area contributed by atoms with Crippen LogP contribution >= 0.6 is 11.3 Å². The van der Waals surface area contributed by atoms with Crippen molar-refractivity contribution in [2.24, 2.45) is 4.99 Å². The summed E-state index contributed by atoms with van der Waals surface area (Å²) in [5.41, 5.74) is 2.54. The summed E-state index contributed by atoms with van der Waals surface area (Å²) in [5, 5.41) is 3.10. The highest BCUT2D eigenvalue weighted by Gasteiger charge is 2.33. The minimum Gasteiger partial charge on any atom is -0.463 e. The molecule has 3 aromatic rings. The molecule has 0 amide bonds. The summed E-state index contributed by atoms with van der Waals surface area (Å²) in [4.78, 5) is 43.2. The van der Waals surface area contributed by atoms with Crippen molar-refractivity contribution in [3.8, 4) is 0 Å². The van der Waals surface area contributed by atoms with Crippen molar-refractivity contribution in [2.45, 2.75) is 26.8 Å². The van der Waals surface area contributed by atoms with Gasteiger partial charge in [0.2, 0.25) is 0 Å². The number of nitrogens with one attached hydrogen (secondary N) is 1. The van der Waals surface area contributed by atoms with Crippen LogP contribution in [0.25, 0.3) is 6.20 Å². The molecule has 180 valence electrons. The maximum Gasteiger partial charge on any atom is 0.338 e. The lowest BCUT2D eigenvalue weighted by molar-refractivity contribution is -0.139. The first-order chi connectivity index (χ1) is 16.9. The first-order valence-electron chi connectivity index (χ1n) is 11.2. The molecular weight excluding hydrogens is 466 g/mol. The summed E-state index contributed by atoms with van der Waals surface area (Å²) in [7, 11) is 0. The van der Waals surface area contributed by atoms with Gasteiger partial charge in [-0.2, -0.15) is 0 Å². The van der Waals surface area contributed by atoms with E-state index in [0.717, 1.165) is 5.56 Å². The number of allylic oxidation sites excluding steroid dienone is 1. The van der Waals surface area contributed by atoms with Gasteiger partial charge in [0.1, 0.15) is 4.53 Å². The number of anilines is 1. The second-order valence-electron chi connectivity index (χ2n) is 7.66. The van der Waals surface area contributed by atoms with Crippen LogP contribution in [0.5, 0.6) is 0 Å². The van der Waals surface area contributed by atoms with Crippen molar-refractivity contribution >= 4 is 35.2 Å². The van der Waals surface area contributed by atoms with E-state index >= 15 is 0 Å². The predicted octanol–water partition coefficient (Wildman–Crippen LogP) is 3.00. The van der Waals surface area contributed by atoms with Gasteiger partial charge in [0.05, 0.1) is 36.1 Å². The molecule has 1 unspecified atom stereocenters. The Hall–Kier alpha value is -3.98. The molecule has 8 nitrogen and oxygen atoms in total. The Labute approximate surface area is 205 Å². The average Bonchev–Trinajstić information content (AvgIpc) is 3.17. The first-order valence-corrected chi connectivity index (χ1v) is 12.0. The fourth-order valence-electron chi connectivity index (χ4n) is 3.81. The standard InChI is InChI=1S/C26H25N3O5S/c1-4-33-24(31)18-11-13-19(14-12-18)27-15-20-23(30)29-22(17-9-7-6-8-10-17)21(25(32)34-5-2)16(3)28-26(29)35-20/h6-15,22,27H,4-5H2,1-3H3. The lowest BCUT2D eigenvalue weighted by atomic mass is 9.96. The number of hydrogen-bond acceptors (Lipinski definition) is 8. The molecule has 1 aliphatic heterocycles. The van der Waals surface area contributed by atoms with Crippen LogP contribution in [-0.4, -0.2) is 29.7 Å². The lowest BCUT2D eigenvalue weighted by Gasteiger charge is -2.24. The van der Waals surface area contributed by atoms with Gasteiger partial charge in [-0.05, 0) is 50.6 Å². The van der Waals surface area contributed by atoms with E-state index in [4.69, 9.17) is 9.47 Å². The number of aromatic nitrogens is 1. The van der Waals surface area contributed by atoms with Gasteiger partial charge < -0.3 is 14.8 Å². The number of rotatable bonds is 7. The van der Waals surface area contributed by atoms with Crippen LogP contribution in [-0.2, 0) is 14.3 Å². The third-order valence-corrected chi connectivity index (χ3v) is 6.38. The van der Waals surface area contributed by atoms with Crippen molar-refractivity contribution in [1.29, 1.82) is 0 Å². The van der Waals surface area contributed by atoms with E-state index in [2.05, 4.69) is 10.3 Å². The summed E-state index contributed by atoms with van der Waals surface area (Å²) in [6, 6.07) is 15.5. The molecule has 0 radical (unpaired) electrons. The molecule has 35 heavy (non-hydrogen) atoms. The molecular formula is C26H25N3O5S. The molecule has 9 heteroatoms. The molecule has 0 fully saturated rings. The number of esters is 2. The molecule has 0 saturated heterocycles. The molecule has 2 heterocycles. The Kier molecular flexibility index (Phi) is 7.26. The molecule has 1 N–H and O–H groups in total. The van der Waals surface area contributed by atoms with Crippen molar-refractivity contribution in [3.63, 3.8) is 0 Å². The van der Waals surface area contributed by atoms with E-state index in [1.807, 2.05) is 30.3 Å². The van der Waals surface area contributed by atoms with Crippen molar-refractivity contribution in [3.05, 3.63) is 96.7 Å². The number of carbonyl (C=O) groups excluding carboxylic acids is 2. The summed E-state index contributed by atoms with van der Waals surface area (Å²) in [6.45, 7) is 5.78. The Balaban J connectivity index is 1.73. The van der Waals surface area contributed by atoms with Crippen molar-refractivity contribution in [2.75, 3.05) is 18.5 Å². The van der Waals surface area contributed by atoms with Gasteiger partial charge >= 0.3 is 11.9 Å². The highest BCUT2D eigenvalue weighted by Crippen LogP contribution is 2.30. The fourth-order valence-corrected chi connectivity index (χ4v) is 4.78. The SMILES string of the molecule is CCOC(=O)C1=C(C)N=c2sc(=CNc3ccc(C(=O)OCC)cc3)c(=O)n2C1c1ccccc1. The molecule has 1 atom stereocenters. The third kappa shape index (κ3) is 4.95. The van der Waals surface area contributed by atoms with Gasteiger partial charge in [-0.15, -0.1) is 0 Å². The molecule has 0 aliphatic carbocycles. The molecule has 0 bridgehead atoms. The molecule has 0 saturated carbocycles. The van der Waals surface area contributed by atoms with Crippen LogP contribution in [0.15, 0.2) is 75.7 Å². The van der Waals surface area contributed by atoms with Gasteiger partial charge in [0.25, 0.3) is 5.56 Å². The Bertz CT molecular complexity index is 1450. The van der Waals surface area contributed by atoms with Gasteiger partial charge in [0, 0.05) is 11.9 Å². The molecule has 2 aromatic carbocycles. The van der Waals surface area contributed by atoms with Crippen LogP contribution in [0.2, 0.25) is 0 Å². The van der Waals surface area contributed by atoms with Crippen molar-refractivity contribution in [1.82, 2.24) is 4.57 Å². The Morgan fingerprint density at radius 1 is 1.03 bits per heavy atom. The van der Waals surface area contributed by atoms with E-state index in [0.29, 0.717) is 38.5 Å². The predicted molar refractivity (Wildman–Crippen MR) is 134 cm³/mol. The first kappa shape index (κ1) is 24.2. The minimum absolute atomic E-state index is 0.223. The zero-order valence-electron chi connectivity index (χ0n) is 19.6. The number of benzene rings is 2. The van der Waals surface area contributed by atoms with Crippen LogP contribution in [0, 0.1) is 0 Å². The number of hydrogen-bond donors (Lipinski definition) is 1. The summed E-state index contributed by atoms with van der Waals surface area (Å²) in [6.07, 6.45) is 1.61. The summed E-state index contributed by atoms with van der Waals surface area (Å²) in [5.74, 6) is -0.877. The lowest BCUT2D eigenvalue weighted by Crippen LogP contribution is -2.40. The highest BCUT2D eigenvalue weighted by atomic mass is 32.1. The van der Waals surface area contributed by atoms with Crippen LogP contribution in [0.4, 0.5) is 5.69 Å². The van der Waals surface area contributed by atoms with Gasteiger partial charge in [-0.25, -0.2) is 14.6 Å². The third-order valence-electron chi connectivity index (χ3n) is 5.40. The normalized spacial score (nSPS) is 15.3. The van der Waals surface area contributed by atoms with E-state index in [1.54, 1.807) is 51.2 Å². The van der Waals surface area contributed by atoms with E-state index in [1.165, 1.54) is 15.9 Å². The second kappa shape index (κ2) is 10.5. The molecule has 1 aromatic heterocycles. The van der Waals surface area contributed by atoms with E-state index in [-0.39, 0.29) is 18.1 Å². The minimum atomic E-state index is -0.641. The zero-order valence-corrected chi connectivity index (χ0v) is 20.4. The maximum atomic E-state index is 13.5. The quantitative estimate of drug-likeness (QED) is 0.510. The highest BCUT2D eigenvalue weighted by molar-refractivity contribution is 7.07. The van der Waals surface area contributed by atoms with Crippen molar-refractivity contribution < 1.29 is 19.1 Å². The van der Waals surface area contributed by atoms with Gasteiger partial charge in [0.15, 0.2) is 4.80 Å². The number of carbonyl (C=O) groups is 2. The second-order valence-corrected chi connectivity index (χ2v) is 8.66. The van der Waals surface area contributed by atoms with Crippen LogP contribution in [0.1, 0.15) is 42.7 Å². The Morgan fingerprint density at radius 3 is 2.34 bits per heavy atom. The summed E-state index contributed by atoms with van der Waals surface area (Å²) < 4.78 is 12.3. The number of fused-ring (bicyclic) bond motifs is 1. The number of thiazole rings is 1. The smallest absolute Gasteiger partial charge is 0.338 e. The topological polar surface area (TPSA) is 99.0 Å². The Morgan fingerprint density at radius 2 is 1.69 bits per heavy atom. The van der Waals surface area contributed by atoms with Crippen LogP contribution < -0.4 is 20.2 Å².